The molecule has 3 aromatic rings. The van der Waals surface area contributed by atoms with Gasteiger partial charge in [-0.15, -0.1) is 0 Å². The molecule has 1 aliphatic carbocycles. The van der Waals surface area contributed by atoms with E-state index in [0.717, 1.165) is 0 Å². The van der Waals surface area contributed by atoms with Gasteiger partial charge < -0.3 is 15.5 Å². The highest BCUT2D eigenvalue weighted by atomic mass is 35.5. The lowest BCUT2D eigenvalue weighted by atomic mass is 9.96. The lowest BCUT2D eigenvalue weighted by Crippen LogP contribution is -2.58. The van der Waals surface area contributed by atoms with E-state index < -0.39 is 34.2 Å². The first kappa shape index (κ1) is 34.5. The quantitative estimate of drug-likeness (QED) is 0.306. The van der Waals surface area contributed by atoms with Gasteiger partial charge in [0.05, 0.1) is 49.5 Å². The summed E-state index contributed by atoms with van der Waals surface area (Å²) >= 11 is 19.2. The van der Waals surface area contributed by atoms with Crippen molar-refractivity contribution in [2.24, 2.45) is 5.73 Å². The molecule has 9 nitrogen and oxygen atoms in total. The second kappa shape index (κ2) is 13.0. The molecule has 1 saturated heterocycles. The molecule has 4 atom stereocenters. The summed E-state index contributed by atoms with van der Waals surface area (Å²) in [6, 6.07) is 3.14. The fourth-order valence-corrected chi connectivity index (χ4v) is 7.18. The number of aryl methyl sites for hydroxylation is 1. The summed E-state index contributed by atoms with van der Waals surface area (Å²) in [5, 5.41) is 9.53. The number of nitrogens with two attached hydrogens (primary N) is 1. The van der Waals surface area contributed by atoms with Crippen LogP contribution in [0.15, 0.2) is 51.7 Å². The van der Waals surface area contributed by atoms with Gasteiger partial charge in [-0.2, -0.15) is 5.26 Å². The maximum absolute atomic E-state index is 15.7. The topological polar surface area (TPSA) is 121 Å². The predicted molar refractivity (Wildman–Crippen MR) is 181 cm³/mol. The molecule has 3 aromatic heterocycles. The van der Waals surface area contributed by atoms with Crippen LogP contribution in [0.2, 0.25) is 5.02 Å². The number of hydrogen-bond donors (Lipinski definition) is 1. The zero-order chi connectivity index (χ0) is 34.6. The average molecular weight is 703 g/mol. The zero-order valence-electron chi connectivity index (χ0n) is 26.3. The third kappa shape index (κ3) is 5.61. The van der Waals surface area contributed by atoms with Crippen LogP contribution in [-0.2, 0) is 4.79 Å². The minimum atomic E-state index is -2.09. The summed E-state index contributed by atoms with van der Waals surface area (Å²) in [5.41, 5.74) is 6.31. The highest BCUT2D eigenvalue weighted by Crippen LogP contribution is 2.45. The summed E-state index contributed by atoms with van der Waals surface area (Å²) in [6.07, 6.45) is 0.778. The van der Waals surface area contributed by atoms with Gasteiger partial charge in [-0.1, -0.05) is 55.2 Å². The molecular weight excluding hydrogens is 671 g/mol. The number of anilines is 1. The van der Waals surface area contributed by atoms with Gasteiger partial charge in [-0.25, -0.2) is 13.8 Å². The van der Waals surface area contributed by atoms with Crippen molar-refractivity contribution in [3.05, 3.63) is 84.8 Å². The van der Waals surface area contributed by atoms with Crippen LogP contribution >= 0.6 is 34.8 Å². The minimum absolute atomic E-state index is 0.0168. The molecular formula is C33H32Cl3F2N7O2. The lowest BCUT2D eigenvalue weighted by molar-refractivity contribution is -0.130. The van der Waals surface area contributed by atoms with Crippen LogP contribution in [0.25, 0.3) is 22.3 Å². The van der Waals surface area contributed by atoms with Crippen molar-refractivity contribution in [3.63, 3.8) is 0 Å². The van der Waals surface area contributed by atoms with Crippen molar-refractivity contribution in [2.45, 2.75) is 64.8 Å². The number of nitriles is 1. The fourth-order valence-electron chi connectivity index (χ4n) is 6.43. The molecule has 0 bridgehead atoms. The van der Waals surface area contributed by atoms with Crippen LogP contribution in [-0.4, -0.2) is 62.7 Å². The molecule has 0 aromatic carbocycles. The first-order valence-corrected chi connectivity index (χ1v) is 16.0. The number of piperazine rings is 1. The Labute approximate surface area is 285 Å². The van der Waals surface area contributed by atoms with Gasteiger partial charge in [0.2, 0.25) is 5.91 Å². The predicted octanol–water partition coefficient (Wildman–Crippen LogP) is 6.40. The second-order valence-corrected chi connectivity index (χ2v) is 13.3. The monoisotopic (exact) mass is 701 g/mol. The number of pyridine rings is 3. The maximum atomic E-state index is 15.7. The van der Waals surface area contributed by atoms with E-state index >= 15 is 4.39 Å². The van der Waals surface area contributed by atoms with E-state index in [1.807, 2.05) is 32.6 Å². The molecule has 14 heteroatoms. The van der Waals surface area contributed by atoms with E-state index in [-0.39, 0.29) is 69.6 Å². The number of hydrogen-bond acceptors (Lipinski definition) is 7. The van der Waals surface area contributed by atoms with Gasteiger partial charge in [0.15, 0.2) is 12.0 Å². The Kier molecular flexibility index (Phi) is 9.55. The smallest absolute Gasteiger partial charge is 0.276 e. The number of allylic oxidation sites excluding steroid dienone is 2. The summed E-state index contributed by atoms with van der Waals surface area (Å²) in [6.45, 7) is 13.4. The molecule has 5 rings (SSSR count). The second-order valence-electron chi connectivity index (χ2n) is 12.0. The van der Waals surface area contributed by atoms with Gasteiger partial charge >= 0.3 is 0 Å². The van der Waals surface area contributed by atoms with Crippen molar-refractivity contribution >= 4 is 63.0 Å². The number of amides is 1. The van der Waals surface area contributed by atoms with Gasteiger partial charge in [0, 0.05) is 36.8 Å². The van der Waals surface area contributed by atoms with Crippen molar-refractivity contribution < 1.29 is 13.6 Å². The molecule has 0 saturated carbocycles. The van der Waals surface area contributed by atoms with E-state index in [1.54, 1.807) is 24.1 Å². The lowest BCUT2D eigenvalue weighted by Gasteiger charge is -2.45. The standard InChI is InChI=1S/C33H32Cl3F2N7O2/c1-7-21(46)44-16(5)12-43(13-17(44)6)31-18-10-20(34)29(22-23(35)27(40)26(38)24(36)25(22)37)42-32(18)45(33(47)19(31)11-39)30-15(4)8-9-41-28(30)14(2)3/h7-10,14,16-17,26-27H,1,12-13,40H2,2-6H3/t16-,17+,26?,27-/m0/s1. The number of alkyl halides is 1. The molecule has 1 fully saturated rings. The Morgan fingerprint density at radius 3 is 2.40 bits per heavy atom. The van der Waals surface area contributed by atoms with Crippen LogP contribution in [0, 0.1) is 18.3 Å². The molecule has 2 N–H and O–H groups in total. The summed E-state index contributed by atoms with van der Waals surface area (Å²) in [5.74, 6) is -1.59. The Balaban J connectivity index is 1.92. The molecule has 0 radical (unpaired) electrons. The highest BCUT2D eigenvalue weighted by molar-refractivity contribution is 6.39. The first-order chi connectivity index (χ1) is 22.2. The molecule has 1 unspecified atom stereocenters. The number of carbonyl (C=O) groups is 1. The molecule has 2 aliphatic rings. The summed E-state index contributed by atoms with van der Waals surface area (Å²) in [4.78, 5) is 40.0. The third-order valence-corrected chi connectivity index (χ3v) is 9.64. The molecule has 246 valence electrons. The van der Waals surface area contributed by atoms with Crippen molar-refractivity contribution in [1.29, 1.82) is 5.26 Å². The van der Waals surface area contributed by atoms with Gasteiger partial charge in [0.25, 0.3) is 5.56 Å². The average Bonchev–Trinajstić information content (AvgIpc) is 3.02. The molecule has 47 heavy (non-hydrogen) atoms. The van der Waals surface area contributed by atoms with Crippen LogP contribution in [0.4, 0.5) is 14.5 Å². The van der Waals surface area contributed by atoms with Gasteiger partial charge in [-0.05, 0) is 50.5 Å². The number of carbonyl (C=O) groups excluding carboxylic acids is 1. The van der Waals surface area contributed by atoms with Crippen LogP contribution in [0.1, 0.15) is 56.1 Å². The number of fused-ring (bicyclic) bond motifs is 1. The number of nitrogens with zero attached hydrogens (tertiary/aromatic N) is 6. The summed E-state index contributed by atoms with van der Waals surface area (Å²) < 4.78 is 31.6. The summed E-state index contributed by atoms with van der Waals surface area (Å²) in [7, 11) is 0. The fraction of sp³-hybridized carbons (Fsp3) is 0.364. The van der Waals surface area contributed by atoms with E-state index in [0.29, 0.717) is 22.3 Å². The van der Waals surface area contributed by atoms with Crippen LogP contribution in [0.5, 0.6) is 0 Å². The highest BCUT2D eigenvalue weighted by Gasteiger charge is 2.39. The van der Waals surface area contributed by atoms with Crippen LogP contribution in [0.3, 0.4) is 0 Å². The Hall–Kier alpha value is -3.82. The van der Waals surface area contributed by atoms with Crippen molar-refractivity contribution in [2.75, 3.05) is 18.0 Å². The van der Waals surface area contributed by atoms with Gasteiger partial charge in [-0.3, -0.25) is 19.1 Å². The number of halogens is 5. The molecule has 1 aliphatic heterocycles. The van der Waals surface area contributed by atoms with E-state index in [1.165, 1.54) is 16.7 Å². The Bertz CT molecular complexity index is 1990. The van der Waals surface area contributed by atoms with Gasteiger partial charge in [0.1, 0.15) is 17.3 Å². The Morgan fingerprint density at radius 2 is 1.83 bits per heavy atom. The van der Waals surface area contributed by atoms with Crippen molar-refractivity contribution in [3.8, 4) is 11.8 Å². The Morgan fingerprint density at radius 1 is 1.19 bits per heavy atom. The molecule has 4 heterocycles. The largest absolute Gasteiger partial charge is 0.366 e. The third-order valence-electron chi connectivity index (χ3n) is 8.53. The van der Waals surface area contributed by atoms with E-state index in [2.05, 4.69) is 17.6 Å². The minimum Gasteiger partial charge on any atom is -0.366 e. The molecule has 1 amide bonds. The SMILES string of the molecule is C=CC(=O)N1[C@H](C)CN(c2c(C#N)c(=O)n(-c3c(C)ccnc3C(C)C)c3nc(C4=C(Cl)[C@H](N)C(F)C(Cl)=C4F)c(Cl)cc23)C[C@@H]1C. The number of aromatic nitrogens is 3. The van der Waals surface area contributed by atoms with Crippen LogP contribution < -0.4 is 16.2 Å². The maximum Gasteiger partial charge on any atom is 0.276 e. The molecule has 0 spiro atoms. The first-order valence-electron chi connectivity index (χ1n) is 14.9. The normalized spacial score (nSPS) is 21.9. The zero-order valence-corrected chi connectivity index (χ0v) is 28.6. The van der Waals surface area contributed by atoms with E-state index in [9.17, 15) is 19.2 Å². The number of rotatable bonds is 5. The van der Waals surface area contributed by atoms with E-state index in [4.69, 9.17) is 45.5 Å². The van der Waals surface area contributed by atoms with Crippen molar-refractivity contribution in [1.82, 2.24) is 19.4 Å².